The summed E-state index contributed by atoms with van der Waals surface area (Å²) in [5.74, 6) is -3.37. The van der Waals surface area contributed by atoms with Gasteiger partial charge in [0.05, 0.1) is 48.1 Å². The van der Waals surface area contributed by atoms with Crippen molar-refractivity contribution >= 4 is 39.6 Å². The molecule has 9 atom stereocenters. The average molecular weight is 956 g/mol. The third-order valence-corrected chi connectivity index (χ3v) is 14.5. The number of benzene rings is 2. The molecular formula is C51H81N5O10S. The van der Waals surface area contributed by atoms with Crippen molar-refractivity contribution in [1.82, 2.24) is 25.3 Å². The molecule has 2 aromatic rings. The van der Waals surface area contributed by atoms with E-state index >= 15 is 0 Å². The fourth-order valence-corrected chi connectivity index (χ4v) is 10.9. The number of hydrogen-bond acceptors (Lipinski definition) is 10. The number of nitrogens with one attached hydrogen (secondary N) is 2. The van der Waals surface area contributed by atoms with Crippen LogP contribution in [0.5, 0.6) is 0 Å². The van der Waals surface area contributed by atoms with Gasteiger partial charge in [-0.15, -0.1) is 0 Å². The second-order valence-electron chi connectivity index (χ2n) is 20.0. The maximum atomic E-state index is 14.6. The van der Waals surface area contributed by atoms with Crippen LogP contribution in [0.25, 0.3) is 0 Å². The number of carbonyl (C=O) groups excluding carboxylic acids is 5. The van der Waals surface area contributed by atoms with Gasteiger partial charge >= 0.3 is 6.09 Å². The van der Waals surface area contributed by atoms with Gasteiger partial charge in [0.15, 0.2) is 9.84 Å². The van der Waals surface area contributed by atoms with Crippen LogP contribution in [0, 0.1) is 23.7 Å². The molecule has 0 spiro atoms. The Labute approximate surface area is 401 Å². The fraction of sp³-hybridized carbons (Fsp3) is 0.667. The number of carbonyl (C=O) groups is 5. The summed E-state index contributed by atoms with van der Waals surface area (Å²) in [5.41, 5.74) is 0.781. The molecule has 1 saturated heterocycles. The van der Waals surface area contributed by atoms with Crippen LogP contribution >= 0.6 is 0 Å². The van der Waals surface area contributed by atoms with Crippen molar-refractivity contribution in [3.05, 3.63) is 71.8 Å². The first-order chi connectivity index (χ1) is 31.4. The van der Waals surface area contributed by atoms with E-state index in [9.17, 15) is 32.4 Å². The van der Waals surface area contributed by atoms with Crippen LogP contribution in [0.1, 0.15) is 106 Å². The number of likely N-dealkylation sites (tertiary alicyclic amines) is 1. The molecule has 1 aliphatic heterocycles. The zero-order valence-corrected chi connectivity index (χ0v) is 43.4. The molecule has 3 rings (SSSR count). The van der Waals surface area contributed by atoms with Crippen molar-refractivity contribution in [3.63, 3.8) is 0 Å². The second-order valence-corrected chi connectivity index (χ2v) is 22.1. The van der Waals surface area contributed by atoms with Gasteiger partial charge in [0.1, 0.15) is 17.7 Å². The number of hydrogen-bond donors (Lipinski definition) is 2. The van der Waals surface area contributed by atoms with Crippen LogP contribution < -0.4 is 10.6 Å². The molecule has 0 aromatic heterocycles. The highest BCUT2D eigenvalue weighted by atomic mass is 32.2. The van der Waals surface area contributed by atoms with E-state index in [0.29, 0.717) is 37.8 Å². The highest BCUT2D eigenvalue weighted by molar-refractivity contribution is 7.90. The van der Waals surface area contributed by atoms with Crippen LogP contribution in [-0.2, 0) is 55.4 Å². The number of amides is 5. The molecule has 67 heavy (non-hydrogen) atoms. The molecule has 1 fully saturated rings. The highest BCUT2D eigenvalue weighted by Gasteiger charge is 2.44. The SMILES string of the molecule is CC[C@H](C)[C@@H]([C@@H](CC(=O)N1CCC[C@H]1[C@H](OC)[C@@H](C)C(=O)N[C@@H](Cc1ccccc1)CS(=O)(=O)Cc1ccccc1)OC)N(C)C(=O)[C@@H](NC(=O)[C@H](C(C)C)N(C)C(=O)OC(C)(C)C)C(C)C. The lowest BCUT2D eigenvalue weighted by atomic mass is 9.89. The number of methoxy groups -OCH3 is 2. The lowest BCUT2D eigenvalue weighted by Gasteiger charge is -2.41. The van der Waals surface area contributed by atoms with Crippen LogP contribution in [-0.4, -0.2) is 141 Å². The van der Waals surface area contributed by atoms with E-state index in [1.54, 1.807) is 68.8 Å². The summed E-state index contributed by atoms with van der Waals surface area (Å²) in [6.45, 7) is 18.7. The van der Waals surface area contributed by atoms with Crippen molar-refractivity contribution in [2.75, 3.05) is 40.6 Å². The van der Waals surface area contributed by atoms with Gasteiger partial charge in [0.2, 0.25) is 23.6 Å². The summed E-state index contributed by atoms with van der Waals surface area (Å²) in [7, 11) is 2.58. The minimum Gasteiger partial charge on any atom is -0.444 e. The van der Waals surface area contributed by atoms with Crippen molar-refractivity contribution in [2.24, 2.45) is 23.7 Å². The Bertz CT molecular complexity index is 2010. The first kappa shape index (κ1) is 56.8. The standard InChI is InChI=1S/C51H81N5O10S/c1-15-35(6)45(54(11)49(60)43(33(2)3)53-48(59)44(34(4)5)55(12)50(61)66-51(8,9)10)41(64-13)30-42(57)56-28-22-27-40(56)46(65-14)36(7)47(58)52-39(29-37-23-18-16-19-24-37)32-67(62,63)31-38-25-20-17-21-26-38/h16-21,23-26,33-36,39-41,43-46H,15,22,27-32H2,1-14H3,(H,52,58)(H,53,59)/t35-,36+,39-,40-,41+,43-,44-,45-,46+/m0/s1. The minimum absolute atomic E-state index is 0.0656. The molecular weight excluding hydrogens is 875 g/mol. The van der Waals surface area contributed by atoms with Gasteiger partial charge in [0.25, 0.3) is 0 Å². The third kappa shape index (κ3) is 16.6. The molecule has 5 amide bonds. The van der Waals surface area contributed by atoms with E-state index in [4.69, 9.17) is 14.2 Å². The van der Waals surface area contributed by atoms with Crippen molar-refractivity contribution in [1.29, 1.82) is 0 Å². The Kier molecular flexibility index (Phi) is 21.8. The third-order valence-electron chi connectivity index (χ3n) is 12.8. The van der Waals surface area contributed by atoms with E-state index in [-0.39, 0.29) is 53.4 Å². The van der Waals surface area contributed by atoms with Crippen molar-refractivity contribution in [2.45, 2.75) is 155 Å². The maximum Gasteiger partial charge on any atom is 0.410 e. The quantitative estimate of drug-likeness (QED) is 0.122. The first-order valence-corrected chi connectivity index (χ1v) is 25.6. The summed E-state index contributed by atoms with van der Waals surface area (Å²) in [5, 5.41) is 5.99. The molecule has 0 bridgehead atoms. The number of likely N-dealkylation sites (N-methyl/N-ethyl adjacent to an activating group) is 2. The Balaban J connectivity index is 1.82. The second kappa shape index (κ2) is 25.7. The average Bonchev–Trinajstić information content (AvgIpc) is 3.74. The minimum atomic E-state index is -3.63. The Morgan fingerprint density at radius 3 is 1.90 bits per heavy atom. The van der Waals surface area contributed by atoms with E-state index in [1.807, 2.05) is 77.9 Å². The summed E-state index contributed by atoms with van der Waals surface area (Å²) in [6.07, 6.45) is 0.0710. The molecule has 0 saturated carbocycles. The largest absolute Gasteiger partial charge is 0.444 e. The van der Waals surface area contributed by atoms with Gasteiger partial charge in [0, 0.05) is 40.9 Å². The summed E-state index contributed by atoms with van der Waals surface area (Å²) in [4.78, 5) is 74.8. The fourth-order valence-electron chi connectivity index (χ4n) is 9.23. The molecule has 0 radical (unpaired) electrons. The number of ether oxygens (including phenoxy) is 3. The predicted octanol–water partition coefficient (Wildman–Crippen LogP) is 6.28. The maximum absolute atomic E-state index is 14.6. The zero-order chi connectivity index (χ0) is 50.4. The Morgan fingerprint density at radius 1 is 0.806 bits per heavy atom. The van der Waals surface area contributed by atoms with Crippen molar-refractivity contribution < 1.29 is 46.6 Å². The van der Waals surface area contributed by atoms with Gasteiger partial charge in [-0.1, -0.05) is 116 Å². The Morgan fingerprint density at radius 2 is 1.39 bits per heavy atom. The van der Waals surface area contributed by atoms with Gasteiger partial charge in [-0.3, -0.25) is 24.1 Å². The number of rotatable bonds is 24. The summed E-state index contributed by atoms with van der Waals surface area (Å²) < 4.78 is 44.7. The van der Waals surface area contributed by atoms with E-state index in [2.05, 4.69) is 10.6 Å². The molecule has 376 valence electrons. The van der Waals surface area contributed by atoms with E-state index < -0.39 is 75.8 Å². The monoisotopic (exact) mass is 956 g/mol. The van der Waals surface area contributed by atoms with Gasteiger partial charge in [-0.25, -0.2) is 13.2 Å². The molecule has 1 heterocycles. The van der Waals surface area contributed by atoms with E-state index in [0.717, 1.165) is 5.56 Å². The lowest BCUT2D eigenvalue weighted by Crippen LogP contribution is -2.60. The molecule has 0 unspecified atom stereocenters. The molecule has 2 aromatic carbocycles. The number of sulfone groups is 1. The van der Waals surface area contributed by atoms with Crippen LogP contribution in [0.2, 0.25) is 0 Å². The first-order valence-electron chi connectivity index (χ1n) is 23.8. The smallest absolute Gasteiger partial charge is 0.410 e. The van der Waals surface area contributed by atoms with Gasteiger partial charge < -0.3 is 34.6 Å². The van der Waals surface area contributed by atoms with E-state index in [1.165, 1.54) is 26.2 Å². The topological polar surface area (TPSA) is 181 Å². The molecule has 1 aliphatic rings. The zero-order valence-electron chi connectivity index (χ0n) is 42.6. The molecule has 0 aliphatic carbocycles. The molecule has 16 heteroatoms. The van der Waals surface area contributed by atoms with Crippen LogP contribution in [0.3, 0.4) is 0 Å². The number of nitrogens with zero attached hydrogens (tertiary/aromatic N) is 3. The molecule has 2 N–H and O–H groups in total. The predicted molar refractivity (Wildman–Crippen MR) is 262 cm³/mol. The summed E-state index contributed by atoms with van der Waals surface area (Å²) in [6, 6.07) is 14.8. The highest BCUT2D eigenvalue weighted by Crippen LogP contribution is 2.30. The van der Waals surface area contributed by atoms with Gasteiger partial charge in [-0.05, 0) is 68.9 Å². The normalized spacial score (nSPS) is 18.0. The summed E-state index contributed by atoms with van der Waals surface area (Å²) >= 11 is 0. The van der Waals surface area contributed by atoms with Crippen molar-refractivity contribution in [3.8, 4) is 0 Å². The van der Waals surface area contributed by atoms with Crippen LogP contribution in [0.4, 0.5) is 4.79 Å². The Hall–Kier alpha value is -4.54. The lowest BCUT2D eigenvalue weighted by molar-refractivity contribution is -0.148. The van der Waals surface area contributed by atoms with Crippen LogP contribution in [0.15, 0.2) is 60.7 Å². The molecule has 15 nitrogen and oxygen atoms in total. The van der Waals surface area contributed by atoms with Gasteiger partial charge in [-0.2, -0.15) is 0 Å².